The summed E-state index contributed by atoms with van der Waals surface area (Å²) in [6.45, 7) is 10.7. The Bertz CT molecular complexity index is 692. The molecular formula is C19H30BN3O4. The number of carbonyl (C=O) groups excluding carboxylic acids is 1. The van der Waals surface area contributed by atoms with Gasteiger partial charge in [0, 0.05) is 31.8 Å². The average molecular weight is 375 g/mol. The maximum absolute atomic E-state index is 11.4. The molecule has 0 unspecified atom stereocenters. The summed E-state index contributed by atoms with van der Waals surface area (Å²) in [5.41, 5.74) is 0.910. The van der Waals surface area contributed by atoms with Gasteiger partial charge in [-0.25, -0.2) is 4.68 Å². The highest BCUT2D eigenvalue weighted by atomic mass is 16.7. The van der Waals surface area contributed by atoms with Crippen LogP contribution in [-0.4, -0.2) is 47.2 Å². The van der Waals surface area contributed by atoms with Gasteiger partial charge in [0.2, 0.25) is 5.91 Å². The van der Waals surface area contributed by atoms with Crippen molar-refractivity contribution in [2.24, 2.45) is 0 Å². The highest BCUT2D eigenvalue weighted by Gasteiger charge is 2.52. The molecule has 1 aromatic heterocycles. The van der Waals surface area contributed by atoms with Gasteiger partial charge in [0.1, 0.15) is 6.23 Å². The fourth-order valence-electron chi connectivity index (χ4n) is 3.15. The summed E-state index contributed by atoms with van der Waals surface area (Å²) in [5.74, 6) is -0.0938. The molecule has 0 spiro atoms. The monoisotopic (exact) mass is 375 g/mol. The normalized spacial score (nSPS) is 24.9. The molecule has 8 heteroatoms. The van der Waals surface area contributed by atoms with Crippen molar-refractivity contribution in [2.75, 3.05) is 13.2 Å². The van der Waals surface area contributed by atoms with E-state index >= 15 is 0 Å². The van der Waals surface area contributed by atoms with Gasteiger partial charge in [0.05, 0.1) is 17.4 Å². The summed E-state index contributed by atoms with van der Waals surface area (Å²) in [4.78, 5) is 11.4. The minimum Gasteiger partial charge on any atom is -0.400 e. The smallest absolute Gasteiger partial charge is 0.400 e. The predicted octanol–water partition coefficient (Wildman–Crippen LogP) is 2.73. The predicted molar refractivity (Wildman–Crippen MR) is 104 cm³/mol. The number of hydrogen-bond donors (Lipinski definition) is 1. The highest BCUT2D eigenvalue weighted by molar-refractivity contribution is 6.56. The van der Waals surface area contributed by atoms with Crippen LogP contribution in [0.4, 0.5) is 0 Å². The van der Waals surface area contributed by atoms with Crippen LogP contribution in [0.25, 0.3) is 6.08 Å². The number of rotatable bonds is 5. The molecule has 0 radical (unpaired) electrons. The molecule has 2 aliphatic heterocycles. The summed E-state index contributed by atoms with van der Waals surface area (Å²) in [6.07, 6.45) is 8.97. The Morgan fingerprint density at radius 1 is 1.33 bits per heavy atom. The van der Waals surface area contributed by atoms with E-state index in [-0.39, 0.29) is 12.1 Å². The molecule has 7 nitrogen and oxygen atoms in total. The van der Waals surface area contributed by atoms with E-state index in [0.29, 0.717) is 6.54 Å². The van der Waals surface area contributed by atoms with Gasteiger partial charge in [-0.3, -0.25) is 4.79 Å². The molecule has 148 valence electrons. The topological polar surface area (TPSA) is 74.6 Å². The van der Waals surface area contributed by atoms with Gasteiger partial charge in [-0.2, -0.15) is 5.10 Å². The van der Waals surface area contributed by atoms with Crippen LogP contribution >= 0.6 is 0 Å². The third-order valence-corrected chi connectivity index (χ3v) is 5.52. The van der Waals surface area contributed by atoms with Crippen molar-refractivity contribution in [3.05, 3.63) is 23.4 Å². The van der Waals surface area contributed by atoms with Crippen molar-refractivity contribution in [1.82, 2.24) is 15.1 Å². The highest BCUT2D eigenvalue weighted by Crippen LogP contribution is 2.38. The first-order chi connectivity index (χ1) is 12.7. The molecule has 0 bridgehead atoms. The van der Waals surface area contributed by atoms with E-state index in [1.807, 2.05) is 44.6 Å². The summed E-state index contributed by atoms with van der Waals surface area (Å²) >= 11 is 0. The lowest BCUT2D eigenvalue weighted by molar-refractivity contribution is -0.118. The van der Waals surface area contributed by atoms with Gasteiger partial charge in [0.15, 0.2) is 0 Å². The van der Waals surface area contributed by atoms with Crippen LogP contribution in [0.3, 0.4) is 0 Å². The summed E-state index contributed by atoms with van der Waals surface area (Å²) in [5, 5.41) is 7.30. The van der Waals surface area contributed by atoms with E-state index in [2.05, 4.69) is 10.4 Å². The third-order valence-electron chi connectivity index (χ3n) is 5.52. The number of carbonyl (C=O) groups is 1. The van der Waals surface area contributed by atoms with Gasteiger partial charge in [0.25, 0.3) is 0 Å². The summed E-state index contributed by atoms with van der Waals surface area (Å²) in [7, 11) is -0.517. The molecule has 0 saturated carbocycles. The molecule has 1 amide bonds. The number of aromatic nitrogens is 2. The van der Waals surface area contributed by atoms with Crippen LogP contribution < -0.4 is 5.32 Å². The molecule has 1 atom stereocenters. The molecule has 0 aliphatic carbocycles. The van der Waals surface area contributed by atoms with E-state index in [0.717, 1.165) is 36.9 Å². The Labute approximate surface area is 161 Å². The van der Waals surface area contributed by atoms with E-state index in [1.54, 1.807) is 6.20 Å². The van der Waals surface area contributed by atoms with Gasteiger partial charge >= 0.3 is 7.12 Å². The Balaban J connectivity index is 1.80. The molecule has 2 aliphatic rings. The molecular weight excluding hydrogens is 345 g/mol. The number of nitrogens with one attached hydrogen (secondary N) is 1. The minimum atomic E-state index is -0.517. The lowest BCUT2D eigenvalue weighted by Gasteiger charge is -2.32. The largest absolute Gasteiger partial charge is 0.492 e. The van der Waals surface area contributed by atoms with E-state index in [9.17, 15) is 4.79 Å². The molecule has 0 aromatic carbocycles. The molecule has 3 heterocycles. The first kappa shape index (κ1) is 20.1. The third kappa shape index (κ3) is 4.62. The molecule has 2 saturated heterocycles. The van der Waals surface area contributed by atoms with Gasteiger partial charge in [-0.1, -0.05) is 6.08 Å². The molecule has 3 rings (SSSR count). The van der Waals surface area contributed by atoms with Crippen molar-refractivity contribution in [2.45, 2.75) is 71.3 Å². The zero-order chi connectivity index (χ0) is 19.7. The Morgan fingerprint density at radius 3 is 2.63 bits per heavy atom. The maximum atomic E-state index is 11.4. The summed E-state index contributed by atoms with van der Waals surface area (Å²) in [6, 6.07) is 0. The first-order valence-corrected chi connectivity index (χ1v) is 9.64. The van der Waals surface area contributed by atoms with Gasteiger partial charge in [-0.15, -0.1) is 0 Å². The van der Waals surface area contributed by atoms with Crippen LogP contribution in [0.2, 0.25) is 0 Å². The molecule has 2 fully saturated rings. The summed E-state index contributed by atoms with van der Waals surface area (Å²) < 4.78 is 20.0. The van der Waals surface area contributed by atoms with Crippen molar-refractivity contribution in [3.63, 3.8) is 0 Å². The zero-order valence-corrected chi connectivity index (χ0v) is 16.9. The quantitative estimate of drug-likeness (QED) is 0.801. The Kier molecular flexibility index (Phi) is 5.79. The SMILES string of the molecule is CC(=O)NCC(=Cc1cnn([C@@H]2CCCCO2)c1)B1OC(C)(C)C(C)(C)O1. The van der Waals surface area contributed by atoms with Gasteiger partial charge < -0.3 is 19.4 Å². The standard InChI is InChI=1S/C19H30BN3O4/c1-14(24)21-12-16(20-26-18(2,3)19(4,5)27-20)10-15-11-22-23(13-15)17-8-6-7-9-25-17/h10-11,13,17H,6-9,12H2,1-5H3,(H,21,24)/t17-/m0/s1. The Hall–Kier alpha value is -1.64. The number of nitrogens with zero attached hydrogens (tertiary/aromatic N) is 2. The van der Waals surface area contributed by atoms with Crippen molar-refractivity contribution in [3.8, 4) is 0 Å². The van der Waals surface area contributed by atoms with Gasteiger partial charge in [-0.05, 0) is 52.4 Å². The fourth-order valence-corrected chi connectivity index (χ4v) is 3.15. The number of hydrogen-bond acceptors (Lipinski definition) is 5. The first-order valence-electron chi connectivity index (χ1n) is 9.64. The number of ether oxygens (including phenoxy) is 1. The minimum absolute atomic E-state index is 0.00320. The second-order valence-electron chi connectivity index (χ2n) is 8.29. The van der Waals surface area contributed by atoms with Crippen molar-refractivity contribution in [1.29, 1.82) is 0 Å². The van der Waals surface area contributed by atoms with Crippen LogP contribution in [-0.2, 0) is 18.8 Å². The second-order valence-corrected chi connectivity index (χ2v) is 8.29. The Morgan fingerprint density at radius 2 is 2.04 bits per heavy atom. The fraction of sp³-hybridized carbons (Fsp3) is 0.684. The molecule has 1 aromatic rings. The van der Waals surface area contributed by atoms with Crippen LogP contribution in [0.15, 0.2) is 17.9 Å². The molecule has 1 N–H and O–H groups in total. The van der Waals surface area contributed by atoms with Crippen LogP contribution in [0, 0.1) is 0 Å². The molecule has 27 heavy (non-hydrogen) atoms. The van der Waals surface area contributed by atoms with Crippen LogP contribution in [0.1, 0.15) is 65.7 Å². The van der Waals surface area contributed by atoms with Crippen LogP contribution in [0.5, 0.6) is 0 Å². The van der Waals surface area contributed by atoms with E-state index < -0.39 is 18.3 Å². The zero-order valence-electron chi connectivity index (χ0n) is 16.9. The maximum Gasteiger partial charge on any atom is 0.492 e. The number of amides is 1. The lowest BCUT2D eigenvalue weighted by atomic mass is 9.77. The lowest BCUT2D eigenvalue weighted by Crippen LogP contribution is -2.41. The second kappa shape index (κ2) is 7.77. The van der Waals surface area contributed by atoms with E-state index in [1.165, 1.54) is 6.92 Å². The van der Waals surface area contributed by atoms with Crippen molar-refractivity contribution >= 4 is 19.1 Å². The average Bonchev–Trinajstić information content (AvgIpc) is 3.14. The van der Waals surface area contributed by atoms with E-state index in [4.69, 9.17) is 14.0 Å². The van der Waals surface area contributed by atoms with Crippen molar-refractivity contribution < 1.29 is 18.8 Å².